The van der Waals surface area contributed by atoms with E-state index in [1.165, 1.54) is 11.0 Å². The second-order valence-electron chi connectivity index (χ2n) is 6.82. The van der Waals surface area contributed by atoms with Gasteiger partial charge in [-0.05, 0) is 79.3 Å². The fourth-order valence-corrected chi connectivity index (χ4v) is 3.65. The van der Waals surface area contributed by atoms with Gasteiger partial charge in [0, 0.05) is 10.6 Å². The Morgan fingerprint density at radius 1 is 1.10 bits per heavy atom. The Kier molecular flexibility index (Phi) is 5.63. The highest BCUT2D eigenvalue weighted by Gasteiger charge is 2.34. The zero-order valence-corrected chi connectivity index (χ0v) is 18.2. The molecule has 0 unspecified atom stereocenters. The van der Waals surface area contributed by atoms with Crippen LogP contribution in [0.4, 0.5) is 5.69 Å². The molecule has 2 amide bonds. The molecule has 0 aliphatic carbocycles. The van der Waals surface area contributed by atoms with Gasteiger partial charge in [0.25, 0.3) is 11.8 Å². The zero-order chi connectivity index (χ0) is 22.1. The largest absolute Gasteiger partial charge is 0.497 e. The summed E-state index contributed by atoms with van der Waals surface area (Å²) in [4.78, 5) is 26.8. The molecule has 0 saturated carbocycles. The number of carbonyl (C=O) groups excluding carboxylic acids is 2. The SMILES string of the molecule is COc1ccc(N2C(=O)C(=Cc3ccc(-c4cc(Cl)ccc4C)o3)C(=O)NC2=S)cc1. The van der Waals surface area contributed by atoms with Crippen LogP contribution in [-0.2, 0) is 9.59 Å². The molecule has 3 aromatic rings. The van der Waals surface area contributed by atoms with E-state index in [1.807, 2.05) is 13.0 Å². The summed E-state index contributed by atoms with van der Waals surface area (Å²) in [6.45, 7) is 1.94. The van der Waals surface area contributed by atoms with Crippen molar-refractivity contribution in [3.63, 3.8) is 0 Å². The molecule has 0 atom stereocenters. The van der Waals surface area contributed by atoms with Crippen LogP contribution in [0.2, 0.25) is 5.02 Å². The number of nitrogens with zero attached hydrogens (tertiary/aromatic N) is 1. The molecule has 4 rings (SSSR count). The molecule has 1 aliphatic rings. The third kappa shape index (κ3) is 4.10. The highest BCUT2D eigenvalue weighted by atomic mass is 35.5. The number of amides is 2. The quantitative estimate of drug-likeness (QED) is 0.351. The van der Waals surface area contributed by atoms with E-state index in [4.69, 9.17) is 33.0 Å². The minimum absolute atomic E-state index is 0.00648. The first-order chi connectivity index (χ1) is 14.9. The molecule has 1 fully saturated rings. The molecular weight excluding hydrogens is 436 g/mol. The third-order valence-electron chi connectivity index (χ3n) is 4.81. The second kappa shape index (κ2) is 8.37. The van der Waals surface area contributed by atoms with Crippen LogP contribution in [0.3, 0.4) is 0 Å². The van der Waals surface area contributed by atoms with Gasteiger partial charge >= 0.3 is 0 Å². The molecule has 6 nitrogen and oxygen atoms in total. The second-order valence-corrected chi connectivity index (χ2v) is 7.64. The van der Waals surface area contributed by atoms with E-state index in [1.54, 1.807) is 55.6 Å². The van der Waals surface area contributed by atoms with Gasteiger partial charge in [-0.2, -0.15) is 0 Å². The van der Waals surface area contributed by atoms with E-state index in [0.29, 0.717) is 28.0 Å². The van der Waals surface area contributed by atoms with Gasteiger partial charge in [0.1, 0.15) is 22.8 Å². The van der Waals surface area contributed by atoms with Crippen LogP contribution >= 0.6 is 23.8 Å². The molecule has 1 N–H and O–H groups in total. The average Bonchev–Trinajstić information content (AvgIpc) is 3.21. The summed E-state index contributed by atoms with van der Waals surface area (Å²) >= 11 is 11.3. The van der Waals surface area contributed by atoms with Gasteiger partial charge in [-0.1, -0.05) is 17.7 Å². The fraction of sp³-hybridized carbons (Fsp3) is 0.0870. The number of nitrogens with one attached hydrogen (secondary N) is 1. The number of halogens is 1. The Labute approximate surface area is 189 Å². The van der Waals surface area contributed by atoms with Crippen molar-refractivity contribution in [3.8, 4) is 17.1 Å². The lowest BCUT2D eigenvalue weighted by Gasteiger charge is -2.28. The summed E-state index contributed by atoms with van der Waals surface area (Å²) in [5.41, 5.74) is 2.24. The van der Waals surface area contributed by atoms with E-state index < -0.39 is 11.8 Å². The van der Waals surface area contributed by atoms with Gasteiger partial charge in [0.15, 0.2) is 5.11 Å². The van der Waals surface area contributed by atoms with Gasteiger partial charge in [0.2, 0.25) is 0 Å². The predicted molar refractivity (Wildman–Crippen MR) is 123 cm³/mol. The standard InChI is InChI=1S/C23H17ClN2O4S/c1-13-3-4-14(24)11-18(13)20-10-9-17(30-20)12-19-21(27)25-23(31)26(22(19)28)15-5-7-16(29-2)8-6-15/h3-12H,1-2H3,(H,25,27,31). The van der Waals surface area contributed by atoms with E-state index in [9.17, 15) is 9.59 Å². The molecule has 0 radical (unpaired) electrons. The minimum Gasteiger partial charge on any atom is -0.497 e. The number of rotatable bonds is 4. The molecule has 0 spiro atoms. The number of hydrogen-bond acceptors (Lipinski definition) is 5. The van der Waals surface area contributed by atoms with Crippen LogP contribution < -0.4 is 15.0 Å². The number of hydrogen-bond donors (Lipinski definition) is 1. The Bertz CT molecular complexity index is 1230. The Morgan fingerprint density at radius 3 is 2.55 bits per heavy atom. The topological polar surface area (TPSA) is 71.8 Å². The van der Waals surface area contributed by atoms with Crippen LogP contribution in [0.15, 0.2) is 64.6 Å². The maximum atomic E-state index is 13.1. The molecule has 1 aromatic heterocycles. The Balaban J connectivity index is 1.67. The van der Waals surface area contributed by atoms with Crippen molar-refractivity contribution >= 4 is 52.5 Å². The highest BCUT2D eigenvalue weighted by molar-refractivity contribution is 7.80. The monoisotopic (exact) mass is 452 g/mol. The number of aryl methyl sites for hydroxylation is 1. The number of carbonyl (C=O) groups is 2. The van der Waals surface area contributed by atoms with Crippen LogP contribution in [0, 0.1) is 6.92 Å². The van der Waals surface area contributed by atoms with Crippen LogP contribution in [-0.4, -0.2) is 24.0 Å². The molecule has 2 heterocycles. The van der Waals surface area contributed by atoms with Crippen molar-refractivity contribution < 1.29 is 18.7 Å². The summed E-state index contributed by atoms with van der Waals surface area (Å²) in [7, 11) is 1.55. The van der Waals surface area contributed by atoms with E-state index in [2.05, 4.69) is 5.32 Å². The number of methoxy groups -OCH3 is 1. The Hall–Kier alpha value is -3.42. The first-order valence-corrected chi connectivity index (χ1v) is 10.1. The van der Waals surface area contributed by atoms with Gasteiger partial charge in [0.05, 0.1) is 12.8 Å². The molecule has 31 heavy (non-hydrogen) atoms. The Morgan fingerprint density at radius 2 is 1.84 bits per heavy atom. The van der Waals surface area contributed by atoms with Gasteiger partial charge in [-0.25, -0.2) is 0 Å². The lowest BCUT2D eigenvalue weighted by molar-refractivity contribution is -0.122. The van der Waals surface area contributed by atoms with Crippen LogP contribution in [0.25, 0.3) is 17.4 Å². The fourth-order valence-electron chi connectivity index (χ4n) is 3.20. The van der Waals surface area contributed by atoms with Crippen molar-refractivity contribution in [2.24, 2.45) is 0 Å². The normalized spacial score (nSPS) is 15.4. The maximum Gasteiger partial charge on any atom is 0.270 e. The van der Waals surface area contributed by atoms with Crippen LogP contribution in [0.5, 0.6) is 5.75 Å². The summed E-state index contributed by atoms with van der Waals surface area (Å²) in [5.74, 6) is 0.444. The molecule has 0 bridgehead atoms. The number of ether oxygens (including phenoxy) is 1. The van der Waals surface area contributed by atoms with Crippen molar-refractivity contribution in [2.75, 3.05) is 12.0 Å². The minimum atomic E-state index is -0.586. The molecule has 8 heteroatoms. The molecule has 156 valence electrons. The third-order valence-corrected chi connectivity index (χ3v) is 5.33. The lowest BCUT2D eigenvalue weighted by Crippen LogP contribution is -2.54. The number of furan rings is 1. The molecule has 1 saturated heterocycles. The highest BCUT2D eigenvalue weighted by Crippen LogP contribution is 2.30. The molecule has 2 aromatic carbocycles. The van der Waals surface area contributed by atoms with Crippen LogP contribution in [0.1, 0.15) is 11.3 Å². The zero-order valence-electron chi connectivity index (χ0n) is 16.6. The maximum absolute atomic E-state index is 13.1. The molecule has 1 aliphatic heterocycles. The van der Waals surface area contributed by atoms with Gasteiger partial charge in [-0.15, -0.1) is 0 Å². The smallest absolute Gasteiger partial charge is 0.270 e. The first kappa shape index (κ1) is 20.8. The average molecular weight is 453 g/mol. The van der Waals surface area contributed by atoms with E-state index in [0.717, 1.165) is 11.1 Å². The molecular formula is C23H17ClN2O4S. The summed E-state index contributed by atoms with van der Waals surface area (Å²) in [6.07, 6.45) is 1.40. The van der Waals surface area contributed by atoms with E-state index in [-0.39, 0.29) is 10.7 Å². The number of benzene rings is 2. The van der Waals surface area contributed by atoms with Gasteiger partial charge in [-0.3, -0.25) is 19.8 Å². The van der Waals surface area contributed by atoms with Crippen molar-refractivity contribution in [2.45, 2.75) is 6.92 Å². The first-order valence-electron chi connectivity index (χ1n) is 9.29. The summed E-state index contributed by atoms with van der Waals surface area (Å²) < 4.78 is 11.0. The van der Waals surface area contributed by atoms with E-state index >= 15 is 0 Å². The summed E-state index contributed by atoms with van der Waals surface area (Å²) in [6, 6.07) is 15.7. The van der Waals surface area contributed by atoms with Crippen molar-refractivity contribution in [1.82, 2.24) is 5.32 Å². The van der Waals surface area contributed by atoms with Crippen molar-refractivity contribution in [1.29, 1.82) is 0 Å². The number of thiocarbonyl (C=S) groups is 1. The van der Waals surface area contributed by atoms with Gasteiger partial charge < -0.3 is 9.15 Å². The van der Waals surface area contributed by atoms with Crippen molar-refractivity contribution in [3.05, 3.63) is 76.5 Å². The lowest BCUT2D eigenvalue weighted by atomic mass is 10.1. The predicted octanol–water partition coefficient (Wildman–Crippen LogP) is 4.75. The number of anilines is 1. The summed E-state index contributed by atoms with van der Waals surface area (Å²) in [5, 5.41) is 3.14.